The number of halogens is 6. The van der Waals surface area contributed by atoms with Gasteiger partial charge in [-0.3, -0.25) is 4.79 Å². The lowest BCUT2D eigenvalue weighted by Crippen LogP contribution is -2.21. The average molecular weight is 434 g/mol. The van der Waals surface area contributed by atoms with E-state index in [1.807, 2.05) is 0 Å². The van der Waals surface area contributed by atoms with Gasteiger partial charge in [-0.2, -0.15) is 13.2 Å². The van der Waals surface area contributed by atoms with Crippen LogP contribution in [0.3, 0.4) is 0 Å². The maximum Gasteiger partial charge on any atom is 0.417 e. The first-order chi connectivity index (χ1) is 13.6. The van der Waals surface area contributed by atoms with E-state index in [9.17, 15) is 26.7 Å². The first-order valence-corrected chi connectivity index (χ1v) is 8.05. The monoisotopic (exact) mass is 433 g/mol. The molecule has 0 unspecified atom stereocenters. The van der Waals surface area contributed by atoms with Crippen molar-refractivity contribution in [3.8, 4) is 11.4 Å². The minimum absolute atomic E-state index is 0.0253. The molecule has 0 atom stereocenters. The average Bonchev–Trinajstić information content (AvgIpc) is 3.16. The number of rotatable bonds is 5. The van der Waals surface area contributed by atoms with Gasteiger partial charge >= 0.3 is 6.18 Å². The van der Waals surface area contributed by atoms with E-state index in [0.717, 1.165) is 35.3 Å². The van der Waals surface area contributed by atoms with Gasteiger partial charge in [0.2, 0.25) is 0 Å². The van der Waals surface area contributed by atoms with E-state index in [-0.39, 0.29) is 11.4 Å². The quantitative estimate of drug-likeness (QED) is 0.621. The van der Waals surface area contributed by atoms with Crippen LogP contribution in [0.5, 0.6) is 5.75 Å². The largest absolute Gasteiger partial charge is 0.478 e. The van der Waals surface area contributed by atoms with Crippen molar-refractivity contribution in [1.29, 1.82) is 0 Å². The number of hydrogen-bond donors (Lipinski definition) is 1. The smallest absolute Gasteiger partial charge is 0.417 e. The zero-order valence-corrected chi connectivity index (χ0v) is 14.8. The van der Waals surface area contributed by atoms with Crippen molar-refractivity contribution in [3.63, 3.8) is 0 Å². The SMILES string of the molecule is O=C(COc1c(F)cc(-n2cnnn2)cc1F)Nc1ccc(Cl)c(C(F)(F)F)c1. The van der Waals surface area contributed by atoms with Crippen molar-refractivity contribution in [2.45, 2.75) is 6.18 Å². The van der Waals surface area contributed by atoms with Gasteiger partial charge in [-0.15, -0.1) is 5.10 Å². The summed E-state index contributed by atoms with van der Waals surface area (Å²) in [6, 6.07) is 4.47. The third kappa shape index (κ3) is 4.77. The molecule has 3 aromatic rings. The van der Waals surface area contributed by atoms with Gasteiger partial charge in [-0.05, 0) is 28.6 Å². The molecule has 1 N–H and O–H groups in total. The summed E-state index contributed by atoms with van der Waals surface area (Å²) < 4.78 is 72.5. The van der Waals surface area contributed by atoms with Crippen LogP contribution in [0.4, 0.5) is 27.6 Å². The van der Waals surface area contributed by atoms with Crippen LogP contribution in [0.15, 0.2) is 36.7 Å². The van der Waals surface area contributed by atoms with Gasteiger partial charge in [0.1, 0.15) is 6.33 Å². The van der Waals surface area contributed by atoms with Gasteiger partial charge in [0.05, 0.1) is 16.3 Å². The first-order valence-electron chi connectivity index (χ1n) is 7.67. The normalized spacial score (nSPS) is 11.4. The second-order valence-corrected chi connectivity index (χ2v) is 5.93. The van der Waals surface area contributed by atoms with E-state index in [0.29, 0.717) is 6.07 Å². The number of amides is 1. The number of alkyl halides is 3. The van der Waals surface area contributed by atoms with Gasteiger partial charge < -0.3 is 10.1 Å². The minimum atomic E-state index is -4.72. The molecule has 0 bridgehead atoms. The molecule has 29 heavy (non-hydrogen) atoms. The molecule has 3 rings (SSSR count). The van der Waals surface area contributed by atoms with E-state index in [2.05, 4.69) is 20.8 Å². The van der Waals surface area contributed by atoms with E-state index in [1.165, 1.54) is 0 Å². The Morgan fingerprint density at radius 3 is 2.45 bits per heavy atom. The van der Waals surface area contributed by atoms with Crippen LogP contribution in [0.2, 0.25) is 5.02 Å². The maximum absolute atomic E-state index is 14.1. The molecule has 0 aliphatic rings. The molecule has 0 saturated heterocycles. The lowest BCUT2D eigenvalue weighted by atomic mass is 10.2. The molecule has 152 valence electrons. The molecule has 0 aliphatic carbocycles. The summed E-state index contributed by atoms with van der Waals surface area (Å²) in [6.07, 6.45) is -3.61. The molecule has 0 aliphatic heterocycles. The zero-order chi connectivity index (χ0) is 21.2. The molecule has 1 aromatic heterocycles. The van der Waals surface area contributed by atoms with Gasteiger partial charge in [0.15, 0.2) is 24.0 Å². The fourth-order valence-electron chi connectivity index (χ4n) is 2.25. The molecule has 13 heteroatoms. The fourth-order valence-corrected chi connectivity index (χ4v) is 2.48. The number of nitrogens with one attached hydrogen (secondary N) is 1. The Balaban J connectivity index is 1.69. The van der Waals surface area contributed by atoms with Crippen LogP contribution in [0, 0.1) is 11.6 Å². The van der Waals surface area contributed by atoms with Crippen LogP contribution >= 0.6 is 11.6 Å². The highest BCUT2D eigenvalue weighted by atomic mass is 35.5. The van der Waals surface area contributed by atoms with Gasteiger partial charge in [0.25, 0.3) is 5.91 Å². The molecule has 1 heterocycles. The van der Waals surface area contributed by atoms with Gasteiger partial charge in [-0.1, -0.05) is 11.6 Å². The zero-order valence-electron chi connectivity index (χ0n) is 14.0. The second-order valence-electron chi connectivity index (χ2n) is 5.52. The molecular formula is C16H9ClF5N5O2. The Bertz CT molecular complexity index is 1020. The fraction of sp³-hybridized carbons (Fsp3) is 0.125. The third-order valence-electron chi connectivity index (χ3n) is 3.50. The summed E-state index contributed by atoms with van der Waals surface area (Å²) in [5, 5.41) is 11.7. The number of carbonyl (C=O) groups is 1. The molecule has 7 nitrogen and oxygen atoms in total. The number of carbonyl (C=O) groups excluding carboxylic acids is 1. The van der Waals surface area contributed by atoms with Crippen molar-refractivity contribution in [1.82, 2.24) is 20.2 Å². The lowest BCUT2D eigenvalue weighted by molar-refractivity contribution is -0.137. The topological polar surface area (TPSA) is 81.9 Å². The van der Waals surface area contributed by atoms with Crippen LogP contribution in [-0.2, 0) is 11.0 Å². The Hall–Kier alpha value is -3.28. The van der Waals surface area contributed by atoms with E-state index >= 15 is 0 Å². The van der Waals surface area contributed by atoms with E-state index < -0.39 is 46.7 Å². The number of nitrogens with zero attached hydrogens (tertiary/aromatic N) is 4. The molecule has 0 saturated carbocycles. The van der Waals surface area contributed by atoms with Crippen molar-refractivity contribution in [2.75, 3.05) is 11.9 Å². The molecular weight excluding hydrogens is 425 g/mol. The van der Waals surface area contributed by atoms with E-state index in [4.69, 9.17) is 16.3 Å². The van der Waals surface area contributed by atoms with Crippen molar-refractivity contribution in [3.05, 3.63) is 58.9 Å². The molecule has 0 spiro atoms. The Morgan fingerprint density at radius 1 is 1.17 bits per heavy atom. The number of ether oxygens (including phenoxy) is 1. The summed E-state index contributed by atoms with van der Waals surface area (Å²) >= 11 is 5.49. The highest BCUT2D eigenvalue weighted by Gasteiger charge is 2.33. The lowest BCUT2D eigenvalue weighted by Gasteiger charge is -2.13. The summed E-state index contributed by atoms with van der Waals surface area (Å²) in [5.41, 5.74) is -1.39. The molecule has 0 radical (unpaired) electrons. The standard InChI is InChI=1S/C16H9ClF5N5O2/c17-11-2-1-8(3-10(11)16(20,21)22)24-14(28)6-29-15-12(18)4-9(5-13(15)19)27-7-23-25-26-27/h1-5,7H,6H2,(H,24,28). The van der Waals surface area contributed by atoms with Crippen LogP contribution < -0.4 is 10.1 Å². The van der Waals surface area contributed by atoms with Gasteiger partial charge in [-0.25, -0.2) is 13.5 Å². The maximum atomic E-state index is 14.1. The second kappa shape index (κ2) is 7.99. The van der Waals surface area contributed by atoms with Crippen molar-refractivity contribution < 1.29 is 31.5 Å². The highest BCUT2D eigenvalue weighted by Crippen LogP contribution is 2.36. The van der Waals surface area contributed by atoms with Crippen LogP contribution in [-0.4, -0.2) is 32.7 Å². The predicted molar refractivity (Wildman–Crippen MR) is 89.6 cm³/mol. The number of benzene rings is 2. The Kier molecular flexibility index (Phi) is 5.64. The number of anilines is 1. The van der Waals surface area contributed by atoms with Crippen molar-refractivity contribution >= 4 is 23.2 Å². The summed E-state index contributed by atoms with van der Waals surface area (Å²) in [5.74, 6) is -4.05. The van der Waals surface area contributed by atoms with Crippen LogP contribution in [0.1, 0.15) is 5.56 Å². The van der Waals surface area contributed by atoms with Crippen LogP contribution in [0.25, 0.3) is 5.69 Å². The summed E-state index contributed by atoms with van der Waals surface area (Å²) in [4.78, 5) is 11.9. The molecule has 1 amide bonds. The summed E-state index contributed by atoms with van der Waals surface area (Å²) in [6.45, 7) is -0.859. The number of hydrogen-bond acceptors (Lipinski definition) is 5. The minimum Gasteiger partial charge on any atom is -0.478 e. The van der Waals surface area contributed by atoms with Gasteiger partial charge in [0, 0.05) is 17.8 Å². The molecule has 0 fully saturated rings. The molecule has 2 aromatic carbocycles. The Morgan fingerprint density at radius 2 is 1.86 bits per heavy atom. The van der Waals surface area contributed by atoms with E-state index in [1.54, 1.807) is 0 Å². The highest BCUT2D eigenvalue weighted by molar-refractivity contribution is 6.31. The Labute approximate surface area is 164 Å². The predicted octanol–water partition coefficient (Wildman–Crippen LogP) is 3.63. The summed E-state index contributed by atoms with van der Waals surface area (Å²) in [7, 11) is 0. The third-order valence-corrected chi connectivity index (χ3v) is 3.83. The number of aromatic nitrogens is 4. The number of tetrazole rings is 1. The first kappa shape index (κ1) is 20.5. The van der Waals surface area contributed by atoms with Crippen molar-refractivity contribution in [2.24, 2.45) is 0 Å².